The van der Waals surface area contributed by atoms with Crippen molar-refractivity contribution in [3.8, 4) is 11.5 Å². The van der Waals surface area contributed by atoms with E-state index in [1.54, 1.807) is 0 Å². The average molecular weight is 174 g/mol. The third-order valence-electron chi connectivity index (χ3n) is 1.81. The second-order valence-corrected chi connectivity index (χ2v) is 2.74. The first-order chi connectivity index (χ1) is 6.40. The van der Waals surface area contributed by atoms with Crippen LogP contribution in [0.2, 0.25) is 0 Å². The van der Waals surface area contributed by atoms with Crippen molar-refractivity contribution < 1.29 is 4.52 Å². The van der Waals surface area contributed by atoms with Crippen LogP contribution in [0.1, 0.15) is 12.7 Å². The molecule has 3 heteroatoms. The van der Waals surface area contributed by atoms with Crippen LogP contribution in [0.5, 0.6) is 0 Å². The maximum Gasteiger partial charge on any atom is 0.257 e. The Morgan fingerprint density at radius 1 is 1.23 bits per heavy atom. The van der Waals surface area contributed by atoms with E-state index in [4.69, 9.17) is 4.52 Å². The minimum atomic E-state index is 0.595. The largest absolute Gasteiger partial charge is 0.334 e. The van der Waals surface area contributed by atoms with Gasteiger partial charge in [-0.3, -0.25) is 0 Å². The third-order valence-corrected chi connectivity index (χ3v) is 1.81. The molecule has 0 spiro atoms. The summed E-state index contributed by atoms with van der Waals surface area (Å²) in [7, 11) is 0. The Bertz CT molecular complexity index is 381. The van der Waals surface area contributed by atoms with E-state index in [9.17, 15) is 0 Å². The van der Waals surface area contributed by atoms with Crippen LogP contribution in [0.3, 0.4) is 0 Å². The molecule has 1 aromatic carbocycles. The van der Waals surface area contributed by atoms with Crippen molar-refractivity contribution in [3.05, 3.63) is 36.2 Å². The highest BCUT2D eigenvalue weighted by atomic mass is 16.5. The number of aromatic nitrogens is 2. The molecule has 2 aromatic rings. The second-order valence-electron chi connectivity index (χ2n) is 2.74. The lowest BCUT2D eigenvalue weighted by Crippen LogP contribution is -1.81. The number of rotatable bonds is 2. The quantitative estimate of drug-likeness (QED) is 0.701. The Morgan fingerprint density at radius 3 is 2.62 bits per heavy atom. The lowest BCUT2D eigenvalue weighted by molar-refractivity contribution is 0.423. The minimum absolute atomic E-state index is 0.595. The van der Waals surface area contributed by atoms with E-state index < -0.39 is 0 Å². The molecule has 0 aliphatic carbocycles. The molecule has 1 aromatic heterocycles. The molecular weight excluding hydrogens is 164 g/mol. The zero-order valence-electron chi connectivity index (χ0n) is 7.40. The van der Waals surface area contributed by atoms with Gasteiger partial charge >= 0.3 is 0 Å². The molecule has 1 heterocycles. The van der Waals surface area contributed by atoms with Crippen molar-refractivity contribution in [2.24, 2.45) is 0 Å². The van der Waals surface area contributed by atoms with Gasteiger partial charge in [0.15, 0.2) is 5.82 Å². The summed E-state index contributed by atoms with van der Waals surface area (Å²) in [5.41, 5.74) is 0.967. The molecule has 0 saturated carbocycles. The first-order valence-electron chi connectivity index (χ1n) is 4.28. The molecule has 0 amide bonds. The zero-order valence-corrected chi connectivity index (χ0v) is 7.40. The maximum atomic E-state index is 5.08. The molecule has 0 aliphatic heterocycles. The van der Waals surface area contributed by atoms with E-state index >= 15 is 0 Å². The average Bonchev–Trinajstić information content (AvgIpc) is 2.67. The van der Waals surface area contributed by atoms with Crippen molar-refractivity contribution >= 4 is 0 Å². The number of hydrogen-bond donors (Lipinski definition) is 0. The molecule has 0 aliphatic rings. The minimum Gasteiger partial charge on any atom is -0.334 e. The van der Waals surface area contributed by atoms with Gasteiger partial charge < -0.3 is 4.52 Å². The Labute approximate surface area is 76.4 Å². The Morgan fingerprint density at radius 2 is 2.00 bits per heavy atom. The summed E-state index contributed by atoms with van der Waals surface area (Å²) in [5, 5.41) is 3.82. The van der Waals surface area contributed by atoms with Crippen LogP contribution in [0, 0.1) is 0 Å². The number of nitrogens with zero attached hydrogens (tertiary/aromatic N) is 2. The van der Waals surface area contributed by atoms with E-state index in [2.05, 4.69) is 10.1 Å². The van der Waals surface area contributed by atoms with E-state index in [0.717, 1.165) is 17.8 Å². The summed E-state index contributed by atoms with van der Waals surface area (Å²) >= 11 is 0. The van der Waals surface area contributed by atoms with Gasteiger partial charge in [-0.05, 0) is 12.1 Å². The third kappa shape index (κ3) is 1.59. The lowest BCUT2D eigenvalue weighted by atomic mass is 10.2. The first kappa shape index (κ1) is 7.98. The van der Waals surface area contributed by atoms with Crippen molar-refractivity contribution in [3.63, 3.8) is 0 Å². The molecule has 0 saturated heterocycles. The molecule has 13 heavy (non-hydrogen) atoms. The predicted molar refractivity (Wildman–Crippen MR) is 49.1 cm³/mol. The van der Waals surface area contributed by atoms with Gasteiger partial charge in [0.2, 0.25) is 0 Å². The van der Waals surface area contributed by atoms with Gasteiger partial charge in [0.05, 0.1) is 0 Å². The van der Waals surface area contributed by atoms with Crippen LogP contribution in [-0.2, 0) is 6.42 Å². The lowest BCUT2D eigenvalue weighted by Gasteiger charge is -1.89. The van der Waals surface area contributed by atoms with Crippen LogP contribution in [0.25, 0.3) is 11.5 Å². The molecule has 0 unspecified atom stereocenters. The topological polar surface area (TPSA) is 38.9 Å². The summed E-state index contributed by atoms with van der Waals surface area (Å²) in [6, 6.07) is 9.76. The molecule has 0 radical (unpaired) electrons. The van der Waals surface area contributed by atoms with Crippen LogP contribution in [0.4, 0.5) is 0 Å². The first-order valence-corrected chi connectivity index (χ1v) is 4.28. The number of hydrogen-bond acceptors (Lipinski definition) is 3. The smallest absolute Gasteiger partial charge is 0.257 e. The van der Waals surface area contributed by atoms with Gasteiger partial charge in [0.25, 0.3) is 5.89 Å². The van der Waals surface area contributed by atoms with E-state index in [1.807, 2.05) is 37.3 Å². The molecular formula is C10H10N2O. The normalized spacial score (nSPS) is 10.2. The summed E-state index contributed by atoms with van der Waals surface area (Å²) in [4.78, 5) is 4.22. The summed E-state index contributed by atoms with van der Waals surface area (Å²) < 4.78 is 5.08. The standard InChI is InChI=1S/C10H10N2O/c1-2-9-11-10(13-12-9)8-6-4-3-5-7-8/h3-7H,2H2,1H3. The molecule has 0 fully saturated rings. The van der Waals surface area contributed by atoms with Crippen molar-refractivity contribution in [1.82, 2.24) is 10.1 Å². The summed E-state index contributed by atoms with van der Waals surface area (Å²) in [6.07, 6.45) is 0.802. The summed E-state index contributed by atoms with van der Waals surface area (Å²) in [5.74, 6) is 1.34. The molecule has 0 bridgehead atoms. The number of benzene rings is 1. The van der Waals surface area contributed by atoms with E-state index in [-0.39, 0.29) is 0 Å². The van der Waals surface area contributed by atoms with Crippen molar-refractivity contribution in [2.45, 2.75) is 13.3 Å². The molecule has 0 N–H and O–H groups in total. The van der Waals surface area contributed by atoms with Gasteiger partial charge in [-0.2, -0.15) is 4.98 Å². The Balaban J connectivity index is 2.36. The van der Waals surface area contributed by atoms with Gasteiger partial charge in [-0.25, -0.2) is 0 Å². The highest BCUT2D eigenvalue weighted by Crippen LogP contribution is 2.15. The highest BCUT2D eigenvalue weighted by molar-refractivity contribution is 5.51. The molecule has 66 valence electrons. The Kier molecular flexibility index (Phi) is 2.08. The molecule has 0 atom stereocenters. The monoisotopic (exact) mass is 174 g/mol. The maximum absolute atomic E-state index is 5.08. The van der Waals surface area contributed by atoms with Crippen molar-refractivity contribution in [2.75, 3.05) is 0 Å². The summed E-state index contributed by atoms with van der Waals surface area (Å²) in [6.45, 7) is 2.00. The van der Waals surface area contributed by atoms with Crippen LogP contribution in [-0.4, -0.2) is 10.1 Å². The van der Waals surface area contributed by atoms with Gasteiger partial charge in [-0.15, -0.1) is 0 Å². The fourth-order valence-corrected chi connectivity index (χ4v) is 1.10. The van der Waals surface area contributed by atoms with Crippen LogP contribution >= 0.6 is 0 Å². The van der Waals surface area contributed by atoms with Gasteiger partial charge in [-0.1, -0.05) is 30.3 Å². The van der Waals surface area contributed by atoms with Crippen molar-refractivity contribution in [1.29, 1.82) is 0 Å². The van der Waals surface area contributed by atoms with Gasteiger partial charge in [0, 0.05) is 12.0 Å². The number of aryl methyl sites for hydroxylation is 1. The fraction of sp³-hybridized carbons (Fsp3) is 0.200. The van der Waals surface area contributed by atoms with E-state index in [0.29, 0.717) is 5.89 Å². The molecule has 2 rings (SSSR count). The Hall–Kier alpha value is -1.64. The highest BCUT2D eigenvalue weighted by Gasteiger charge is 2.05. The fourth-order valence-electron chi connectivity index (χ4n) is 1.10. The zero-order chi connectivity index (χ0) is 9.10. The van der Waals surface area contributed by atoms with Crippen LogP contribution in [0.15, 0.2) is 34.9 Å². The predicted octanol–water partition coefficient (Wildman–Crippen LogP) is 2.30. The van der Waals surface area contributed by atoms with Crippen LogP contribution < -0.4 is 0 Å². The molecule has 3 nitrogen and oxygen atoms in total. The second kappa shape index (κ2) is 3.39. The SMILES string of the molecule is CCc1noc(-c2ccccc2)n1. The van der Waals surface area contributed by atoms with E-state index in [1.165, 1.54) is 0 Å². The van der Waals surface area contributed by atoms with Gasteiger partial charge in [0.1, 0.15) is 0 Å².